The minimum Gasteiger partial charge on any atom is -0.352 e. The standard InChI is InChI=1S/C15H29N3O/c1-11-3-4-14(9-12(11)2)17-15(19)10-18-7-5-13(16)6-8-18/h11-14H,3-10,16H2,1-2H3,(H,17,19). The van der Waals surface area contributed by atoms with Crippen molar-refractivity contribution in [3.05, 3.63) is 0 Å². The largest absolute Gasteiger partial charge is 0.352 e. The van der Waals surface area contributed by atoms with Gasteiger partial charge in [-0.15, -0.1) is 0 Å². The molecule has 3 N–H and O–H groups in total. The van der Waals surface area contributed by atoms with E-state index in [1.807, 2.05) is 0 Å². The number of rotatable bonds is 3. The van der Waals surface area contributed by atoms with Gasteiger partial charge in [0.15, 0.2) is 0 Å². The molecular weight excluding hydrogens is 238 g/mol. The fourth-order valence-electron chi connectivity index (χ4n) is 3.27. The van der Waals surface area contributed by atoms with Crippen molar-refractivity contribution in [2.24, 2.45) is 17.6 Å². The second-order valence-electron chi connectivity index (χ2n) is 6.65. The van der Waals surface area contributed by atoms with E-state index in [-0.39, 0.29) is 5.91 Å². The lowest BCUT2D eigenvalue weighted by molar-refractivity contribution is -0.123. The average molecular weight is 267 g/mol. The van der Waals surface area contributed by atoms with Crippen LogP contribution in [-0.4, -0.2) is 42.5 Å². The van der Waals surface area contributed by atoms with Gasteiger partial charge in [0.1, 0.15) is 0 Å². The Bertz CT molecular complexity index is 300. The van der Waals surface area contributed by atoms with E-state index in [9.17, 15) is 4.79 Å². The summed E-state index contributed by atoms with van der Waals surface area (Å²) in [7, 11) is 0. The quantitative estimate of drug-likeness (QED) is 0.811. The lowest BCUT2D eigenvalue weighted by Gasteiger charge is -2.34. The third-order valence-corrected chi connectivity index (χ3v) is 4.96. The number of carbonyl (C=O) groups excluding carboxylic acids is 1. The molecule has 19 heavy (non-hydrogen) atoms. The zero-order chi connectivity index (χ0) is 13.8. The molecule has 2 rings (SSSR count). The topological polar surface area (TPSA) is 58.4 Å². The van der Waals surface area contributed by atoms with Gasteiger partial charge < -0.3 is 11.1 Å². The van der Waals surface area contributed by atoms with Crippen molar-refractivity contribution < 1.29 is 4.79 Å². The van der Waals surface area contributed by atoms with Crippen LogP contribution in [0.2, 0.25) is 0 Å². The van der Waals surface area contributed by atoms with E-state index in [1.54, 1.807) is 0 Å². The molecule has 0 aromatic rings. The van der Waals surface area contributed by atoms with Gasteiger partial charge in [0, 0.05) is 25.2 Å². The molecule has 0 bridgehead atoms. The predicted octanol–water partition coefficient (Wildman–Crippen LogP) is 1.35. The highest BCUT2D eigenvalue weighted by molar-refractivity contribution is 5.78. The van der Waals surface area contributed by atoms with Gasteiger partial charge in [0.05, 0.1) is 6.54 Å². The van der Waals surface area contributed by atoms with Crippen LogP contribution in [-0.2, 0) is 4.79 Å². The fraction of sp³-hybridized carbons (Fsp3) is 0.933. The third-order valence-electron chi connectivity index (χ3n) is 4.96. The molecule has 0 spiro atoms. The van der Waals surface area contributed by atoms with E-state index in [4.69, 9.17) is 5.73 Å². The Morgan fingerprint density at radius 3 is 2.47 bits per heavy atom. The molecule has 3 unspecified atom stereocenters. The highest BCUT2D eigenvalue weighted by atomic mass is 16.2. The minimum absolute atomic E-state index is 0.197. The summed E-state index contributed by atoms with van der Waals surface area (Å²) in [6, 6.07) is 0.728. The summed E-state index contributed by atoms with van der Waals surface area (Å²) in [6.07, 6.45) is 5.56. The van der Waals surface area contributed by atoms with Crippen molar-refractivity contribution in [2.75, 3.05) is 19.6 Å². The highest BCUT2D eigenvalue weighted by Gasteiger charge is 2.26. The van der Waals surface area contributed by atoms with Crippen LogP contribution in [0.15, 0.2) is 0 Å². The molecular formula is C15H29N3O. The van der Waals surface area contributed by atoms with Gasteiger partial charge in [0.25, 0.3) is 0 Å². The maximum Gasteiger partial charge on any atom is 0.234 e. The summed E-state index contributed by atoms with van der Waals surface area (Å²) in [5, 5.41) is 3.22. The van der Waals surface area contributed by atoms with E-state index in [2.05, 4.69) is 24.1 Å². The van der Waals surface area contributed by atoms with E-state index in [0.29, 0.717) is 18.6 Å². The highest BCUT2D eigenvalue weighted by Crippen LogP contribution is 2.29. The molecule has 4 nitrogen and oxygen atoms in total. The fourth-order valence-corrected chi connectivity index (χ4v) is 3.27. The van der Waals surface area contributed by atoms with E-state index >= 15 is 0 Å². The Morgan fingerprint density at radius 2 is 1.84 bits per heavy atom. The molecule has 110 valence electrons. The Hall–Kier alpha value is -0.610. The summed E-state index contributed by atoms with van der Waals surface area (Å²) in [4.78, 5) is 14.3. The first-order chi connectivity index (χ1) is 9.04. The predicted molar refractivity (Wildman–Crippen MR) is 77.8 cm³/mol. The van der Waals surface area contributed by atoms with Gasteiger partial charge in [-0.25, -0.2) is 0 Å². The third kappa shape index (κ3) is 4.46. The lowest BCUT2D eigenvalue weighted by Crippen LogP contribution is -2.47. The van der Waals surface area contributed by atoms with Crippen LogP contribution in [0.4, 0.5) is 0 Å². The van der Waals surface area contributed by atoms with Crippen molar-refractivity contribution in [3.8, 4) is 0 Å². The second-order valence-corrected chi connectivity index (χ2v) is 6.65. The molecule has 1 aliphatic heterocycles. The molecule has 2 fully saturated rings. The first kappa shape index (κ1) is 14.8. The first-order valence-corrected chi connectivity index (χ1v) is 7.82. The molecule has 1 saturated carbocycles. The lowest BCUT2D eigenvalue weighted by atomic mass is 9.79. The molecule has 1 aliphatic carbocycles. The first-order valence-electron chi connectivity index (χ1n) is 7.82. The van der Waals surface area contributed by atoms with Gasteiger partial charge in [-0.1, -0.05) is 13.8 Å². The number of nitrogens with two attached hydrogens (primary N) is 1. The molecule has 1 heterocycles. The number of hydrogen-bond donors (Lipinski definition) is 2. The average Bonchev–Trinajstić information content (AvgIpc) is 2.37. The molecule has 0 radical (unpaired) electrons. The number of hydrogen-bond acceptors (Lipinski definition) is 3. The second kappa shape index (κ2) is 6.71. The summed E-state index contributed by atoms with van der Waals surface area (Å²) in [5.41, 5.74) is 5.88. The van der Waals surface area contributed by atoms with Crippen LogP contribution < -0.4 is 11.1 Å². The van der Waals surface area contributed by atoms with Crippen LogP contribution in [0.1, 0.15) is 46.0 Å². The van der Waals surface area contributed by atoms with Crippen molar-refractivity contribution in [2.45, 2.75) is 58.0 Å². The van der Waals surface area contributed by atoms with Crippen LogP contribution in [0.25, 0.3) is 0 Å². The Kier molecular flexibility index (Phi) is 5.22. The van der Waals surface area contributed by atoms with Crippen LogP contribution in [0, 0.1) is 11.8 Å². The van der Waals surface area contributed by atoms with E-state index in [1.165, 1.54) is 6.42 Å². The van der Waals surface area contributed by atoms with Crippen LogP contribution in [0.3, 0.4) is 0 Å². The van der Waals surface area contributed by atoms with Crippen molar-refractivity contribution >= 4 is 5.91 Å². The number of amides is 1. The Balaban J connectivity index is 1.69. The zero-order valence-corrected chi connectivity index (χ0v) is 12.4. The molecule has 2 aliphatic rings. The van der Waals surface area contributed by atoms with Crippen LogP contribution >= 0.6 is 0 Å². The number of nitrogens with one attached hydrogen (secondary N) is 1. The van der Waals surface area contributed by atoms with Gasteiger partial charge in [-0.05, 0) is 43.9 Å². The normalized spacial score (nSPS) is 34.2. The molecule has 1 saturated heterocycles. The molecule has 1 amide bonds. The summed E-state index contributed by atoms with van der Waals surface area (Å²) in [6.45, 7) is 7.10. The number of likely N-dealkylation sites (tertiary alicyclic amines) is 1. The molecule has 4 heteroatoms. The monoisotopic (exact) mass is 267 g/mol. The van der Waals surface area contributed by atoms with E-state index in [0.717, 1.165) is 50.6 Å². The number of carbonyl (C=O) groups is 1. The minimum atomic E-state index is 0.197. The van der Waals surface area contributed by atoms with Crippen molar-refractivity contribution in [1.82, 2.24) is 10.2 Å². The molecule has 0 aromatic carbocycles. The number of piperidine rings is 1. The Morgan fingerprint density at radius 1 is 1.16 bits per heavy atom. The van der Waals surface area contributed by atoms with Gasteiger partial charge in [-0.2, -0.15) is 0 Å². The van der Waals surface area contributed by atoms with Crippen LogP contribution in [0.5, 0.6) is 0 Å². The Labute approximate surface area is 117 Å². The summed E-state index contributed by atoms with van der Waals surface area (Å²) in [5.74, 6) is 1.73. The maximum atomic E-state index is 12.1. The zero-order valence-electron chi connectivity index (χ0n) is 12.4. The van der Waals surface area contributed by atoms with Crippen molar-refractivity contribution in [3.63, 3.8) is 0 Å². The van der Waals surface area contributed by atoms with Gasteiger partial charge in [0.2, 0.25) is 5.91 Å². The van der Waals surface area contributed by atoms with E-state index < -0.39 is 0 Å². The van der Waals surface area contributed by atoms with Crippen molar-refractivity contribution in [1.29, 1.82) is 0 Å². The van der Waals surface area contributed by atoms with Gasteiger partial charge >= 0.3 is 0 Å². The van der Waals surface area contributed by atoms with Gasteiger partial charge in [-0.3, -0.25) is 9.69 Å². The smallest absolute Gasteiger partial charge is 0.234 e. The SMILES string of the molecule is CC1CCC(NC(=O)CN2CCC(N)CC2)CC1C. The molecule has 0 aromatic heterocycles. The summed E-state index contributed by atoms with van der Waals surface area (Å²) >= 11 is 0. The maximum absolute atomic E-state index is 12.1. The molecule has 3 atom stereocenters. The summed E-state index contributed by atoms with van der Waals surface area (Å²) < 4.78 is 0. The number of nitrogens with zero attached hydrogens (tertiary/aromatic N) is 1.